The van der Waals surface area contributed by atoms with Gasteiger partial charge in [-0.2, -0.15) is 9.90 Å². The Morgan fingerprint density at radius 2 is 1.66 bits per heavy atom. The summed E-state index contributed by atoms with van der Waals surface area (Å²) in [6.07, 6.45) is 3.62. The molecule has 4 rings (SSSR count). The van der Waals surface area contributed by atoms with Gasteiger partial charge in [0.05, 0.1) is 12.8 Å². The molecule has 0 saturated heterocycles. The van der Waals surface area contributed by atoms with Crippen LogP contribution in [0.5, 0.6) is 0 Å². The Morgan fingerprint density at radius 3 is 2.38 bits per heavy atom. The van der Waals surface area contributed by atoms with Gasteiger partial charge in [-0.05, 0) is 41.0 Å². The van der Waals surface area contributed by atoms with Gasteiger partial charge in [0.15, 0.2) is 0 Å². The molecule has 7 heteroatoms. The molecule has 0 bridgehead atoms. The van der Waals surface area contributed by atoms with Gasteiger partial charge < -0.3 is 0 Å². The number of carbonyl (C=O) groups excluding carboxylic acids is 1. The van der Waals surface area contributed by atoms with Crippen LogP contribution in [-0.4, -0.2) is 32.3 Å². The Bertz CT molecular complexity index is 1230. The van der Waals surface area contributed by atoms with Crippen molar-refractivity contribution >= 4 is 18.2 Å². The minimum Gasteiger partial charge on any atom is -0.267 e. The van der Waals surface area contributed by atoms with Crippen molar-refractivity contribution in [3.05, 3.63) is 107 Å². The van der Waals surface area contributed by atoms with Crippen molar-refractivity contribution in [2.75, 3.05) is 0 Å². The first-order valence-electron chi connectivity index (χ1n) is 10.2. The van der Waals surface area contributed by atoms with Crippen molar-refractivity contribution in [3.8, 4) is 11.4 Å². The summed E-state index contributed by atoms with van der Waals surface area (Å²) < 4.78 is 0. The van der Waals surface area contributed by atoms with Gasteiger partial charge in [0.1, 0.15) is 0 Å². The molecule has 1 amide bonds. The number of nitrogens with one attached hydrogen (secondary N) is 1. The Balaban J connectivity index is 1.33. The van der Waals surface area contributed by atoms with E-state index in [0.717, 1.165) is 22.3 Å². The summed E-state index contributed by atoms with van der Waals surface area (Å²) in [5, 5.41) is 16.7. The number of carbonyl (C=O) groups is 1. The lowest BCUT2D eigenvalue weighted by atomic mass is 10.1. The lowest BCUT2D eigenvalue weighted by molar-refractivity contribution is 0.0955. The summed E-state index contributed by atoms with van der Waals surface area (Å²) in [5.74, 6) is 0.307. The zero-order valence-electron chi connectivity index (χ0n) is 17.6. The second kappa shape index (κ2) is 10.1. The van der Waals surface area contributed by atoms with E-state index >= 15 is 0 Å². The van der Waals surface area contributed by atoms with Crippen molar-refractivity contribution in [2.24, 2.45) is 5.10 Å². The maximum absolute atomic E-state index is 12.3. The predicted molar refractivity (Wildman–Crippen MR) is 125 cm³/mol. The van der Waals surface area contributed by atoms with E-state index in [2.05, 4.69) is 25.9 Å². The zero-order chi connectivity index (χ0) is 22.2. The zero-order valence-corrected chi connectivity index (χ0v) is 17.6. The molecule has 0 saturated carbocycles. The number of tetrazole rings is 1. The van der Waals surface area contributed by atoms with Crippen LogP contribution in [0.3, 0.4) is 0 Å². The summed E-state index contributed by atoms with van der Waals surface area (Å²) in [6, 6.07) is 26.9. The summed E-state index contributed by atoms with van der Waals surface area (Å²) in [6.45, 7) is 2.39. The number of amides is 1. The number of nitrogens with zero attached hydrogens (tertiary/aromatic N) is 5. The first kappa shape index (κ1) is 20.9. The van der Waals surface area contributed by atoms with Crippen LogP contribution < -0.4 is 5.43 Å². The molecule has 158 valence electrons. The van der Waals surface area contributed by atoms with Gasteiger partial charge in [0, 0.05) is 11.1 Å². The highest BCUT2D eigenvalue weighted by atomic mass is 16.2. The summed E-state index contributed by atoms with van der Waals surface area (Å²) in [5.41, 5.74) is 6.97. The monoisotopic (exact) mass is 422 g/mol. The Morgan fingerprint density at radius 1 is 0.969 bits per heavy atom. The van der Waals surface area contributed by atoms with E-state index in [9.17, 15) is 4.79 Å². The molecule has 32 heavy (non-hydrogen) atoms. The predicted octanol–water partition coefficient (Wildman–Crippen LogP) is 4.21. The van der Waals surface area contributed by atoms with Crippen LogP contribution in [0.2, 0.25) is 0 Å². The minimum absolute atomic E-state index is 0.273. The van der Waals surface area contributed by atoms with Crippen LogP contribution in [0, 0.1) is 0 Å². The van der Waals surface area contributed by atoms with Crippen LogP contribution in [0.15, 0.2) is 95.6 Å². The number of hydrazone groups is 1. The molecule has 4 aromatic rings. The first-order chi connectivity index (χ1) is 15.7. The molecular weight excluding hydrogens is 400 g/mol. The molecule has 1 aromatic heterocycles. The third-order valence-corrected chi connectivity index (χ3v) is 4.65. The SMILES string of the molecule is CC(/C=N\NC(=O)c1ccc(Cn2nnc(-c3ccccc3)n2)cc1)=C\c1ccccc1. The molecule has 0 spiro atoms. The minimum atomic E-state index is -0.273. The highest BCUT2D eigenvalue weighted by Gasteiger charge is 2.07. The van der Waals surface area contributed by atoms with Gasteiger partial charge >= 0.3 is 0 Å². The standard InChI is InChI=1S/C25H22N6O/c1-19(16-20-8-4-2-5-9-20)17-26-28-25(32)23-14-12-21(13-15-23)18-31-29-24(27-30-31)22-10-6-3-7-11-22/h2-17H,18H2,1H3,(H,28,32)/b19-16+,26-17-. The van der Waals surface area contributed by atoms with Gasteiger partial charge in [-0.3, -0.25) is 4.79 Å². The lowest BCUT2D eigenvalue weighted by Crippen LogP contribution is -2.17. The van der Waals surface area contributed by atoms with Crippen LogP contribution in [0.4, 0.5) is 0 Å². The number of hydrogen-bond acceptors (Lipinski definition) is 5. The number of aromatic nitrogens is 4. The lowest BCUT2D eigenvalue weighted by Gasteiger charge is -2.03. The van der Waals surface area contributed by atoms with Crippen LogP contribution in [0.1, 0.15) is 28.4 Å². The van der Waals surface area contributed by atoms with Gasteiger partial charge in [-0.1, -0.05) is 78.9 Å². The van der Waals surface area contributed by atoms with Crippen molar-refractivity contribution < 1.29 is 4.79 Å². The molecule has 0 aliphatic heterocycles. The van der Waals surface area contributed by atoms with Crippen molar-refractivity contribution in [3.63, 3.8) is 0 Å². The molecule has 1 heterocycles. The smallest absolute Gasteiger partial charge is 0.267 e. The number of benzene rings is 3. The van der Waals surface area contributed by atoms with Crippen LogP contribution in [-0.2, 0) is 6.54 Å². The number of rotatable bonds is 7. The summed E-state index contributed by atoms with van der Waals surface area (Å²) in [7, 11) is 0. The maximum Gasteiger partial charge on any atom is 0.271 e. The third-order valence-electron chi connectivity index (χ3n) is 4.65. The highest BCUT2D eigenvalue weighted by Crippen LogP contribution is 2.13. The quantitative estimate of drug-likeness (QED) is 0.357. The van der Waals surface area contributed by atoms with Gasteiger partial charge in [-0.15, -0.1) is 10.2 Å². The van der Waals surface area contributed by atoms with Crippen molar-refractivity contribution in [1.29, 1.82) is 0 Å². The average Bonchev–Trinajstić information content (AvgIpc) is 3.29. The summed E-state index contributed by atoms with van der Waals surface area (Å²) in [4.78, 5) is 13.9. The van der Waals surface area contributed by atoms with Gasteiger partial charge in [-0.25, -0.2) is 5.43 Å². The van der Waals surface area contributed by atoms with Crippen molar-refractivity contribution in [2.45, 2.75) is 13.5 Å². The first-order valence-corrected chi connectivity index (χ1v) is 10.2. The molecule has 0 fully saturated rings. The van der Waals surface area contributed by atoms with E-state index in [1.165, 1.54) is 4.80 Å². The molecule has 1 N–H and O–H groups in total. The van der Waals surface area contributed by atoms with E-state index in [4.69, 9.17) is 0 Å². The number of allylic oxidation sites excluding steroid dienone is 1. The number of hydrogen-bond donors (Lipinski definition) is 1. The van der Waals surface area contributed by atoms with E-state index in [1.54, 1.807) is 18.3 Å². The molecule has 0 aliphatic rings. The molecule has 0 aliphatic carbocycles. The Kier molecular flexibility index (Phi) is 6.57. The Labute approximate surface area is 186 Å². The fourth-order valence-corrected chi connectivity index (χ4v) is 3.04. The van der Waals surface area contributed by atoms with E-state index < -0.39 is 0 Å². The molecule has 0 unspecified atom stereocenters. The van der Waals surface area contributed by atoms with Crippen LogP contribution in [0.25, 0.3) is 17.5 Å². The van der Waals surface area contributed by atoms with E-state index in [-0.39, 0.29) is 5.91 Å². The van der Waals surface area contributed by atoms with E-state index in [1.807, 2.05) is 85.8 Å². The third kappa shape index (κ3) is 5.60. The normalized spacial score (nSPS) is 11.6. The largest absolute Gasteiger partial charge is 0.271 e. The topological polar surface area (TPSA) is 85.1 Å². The second-order valence-electron chi connectivity index (χ2n) is 7.20. The fourth-order valence-electron chi connectivity index (χ4n) is 3.04. The van der Waals surface area contributed by atoms with Gasteiger partial charge in [0.25, 0.3) is 5.91 Å². The molecular formula is C25H22N6O. The molecule has 0 radical (unpaired) electrons. The molecule has 3 aromatic carbocycles. The average molecular weight is 422 g/mol. The van der Waals surface area contributed by atoms with Crippen LogP contribution >= 0.6 is 0 Å². The second-order valence-corrected chi connectivity index (χ2v) is 7.20. The van der Waals surface area contributed by atoms with E-state index in [0.29, 0.717) is 17.9 Å². The highest BCUT2D eigenvalue weighted by molar-refractivity contribution is 5.95. The van der Waals surface area contributed by atoms with Gasteiger partial charge in [0.2, 0.25) is 5.82 Å². The maximum atomic E-state index is 12.3. The van der Waals surface area contributed by atoms with Crippen molar-refractivity contribution in [1.82, 2.24) is 25.6 Å². The molecule has 0 atom stereocenters. The molecule has 7 nitrogen and oxygen atoms in total. The summed E-state index contributed by atoms with van der Waals surface area (Å²) >= 11 is 0. The Hall–Kier alpha value is -4.39. The fraction of sp³-hybridized carbons (Fsp3) is 0.0800.